The number of hydrogen-bond acceptors (Lipinski definition) is 3. The molecule has 0 N–H and O–H groups in total. The van der Waals surface area contributed by atoms with Crippen LogP contribution in [0.3, 0.4) is 0 Å². The maximum atomic E-state index is 4.69. The first-order chi connectivity index (χ1) is 9.56. The minimum absolute atomic E-state index is 0.419. The van der Waals surface area contributed by atoms with Gasteiger partial charge in [0.15, 0.2) is 5.82 Å². The number of aryl methyl sites for hydroxylation is 1. The molecular weight excluding hydrogens is 248 g/mol. The second-order valence-corrected chi connectivity index (χ2v) is 5.95. The quantitative estimate of drug-likeness (QED) is 0.856. The first kappa shape index (κ1) is 13.3. The summed E-state index contributed by atoms with van der Waals surface area (Å²) in [4.78, 5) is 6.90. The number of hydrogen-bond donors (Lipinski definition) is 0. The molecule has 0 aliphatic heterocycles. The van der Waals surface area contributed by atoms with E-state index >= 15 is 0 Å². The van der Waals surface area contributed by atoms with Crippen molar-refractivity contribution >= 4 is 0 Å². The highest BCUT2D eigenvalue weighted by Gasteiger charge is 2.29. The second kappa shape index (κ2) is 5.02. The summed E-state index contributed by atoms with van der Waals surface area (Å²) in [7, 11) is 6.19. The maximum absolute atomic E-state index is 4.69. The lowest BCUT2D eigenvalue weighted by Gasteiger charge is -2.20. The van der Waals surface area contributed by atoms with Gasteiger partial charge in [0.2, 0.25) is 0 Å². The van der Waals surface area contributed by atoms with Gasteiger partial charge in [0.25, 0.3) is 0 Å². The average molecular weight is 270 g/mol. The van der Waals surface area contributed by atoms with Gasteiger partial charge in [0.05, 0.1) is 0 Å². The molecule has 1 aliphatic rings. The average Bonchev–Trinajstić information content (AvgIpc) is 3.21. The molecule has 4 heteroatoms. The third kappa shape index (κ3) is 2.48. The fourth-order valence-electron chi connectivity index (χ4n) is 2.42. The minimum atomic E-state index is 0.419. The van der Waals surface area contributed by atoms with Gasteiger partial charge in [0, 0.05) is 24.6 Å². The van der Waals surface area contributed by atoms with Gasteiger partial charge >= 0.3 is 0 Å². The Morgan fingerprint density at radius 3 is 2.40 bits per heavy atom. The summed E-state index contributed by atoms with van der Waals surface area (Å²) in [6.07, 6.45) is 2.51. The van der Waals surface area contributed by atoms with Gasteiger partial charge in [-0.1, -0.05) is 24.3 Å². The normalized spacial score (nSPS) is 16.6. The highest BCUT2D eigenvalue weighted by molar-refractivity contribution is 5.55. The van der Waals surface area contributed by atoms with Crippen LogP contribution < -0.4 is 0 Å². The lowest BCUT2D eigenvalue weighted by Crippen LogP contribution is -2.16. The molecule has 106 valence electrons. The zero-order valence-electron chi connectivity index (χ0n) is 12.7. The molecule has 1 aliphatic carbocycles. The van der Waals surface area contributed by atoms with Crippen molar-refractivity contribution in [3.8, 4) is 11.4 Å². The SMILES string of the molecule is CC(c1ccc(-c2nc(C3CC3)n(C)n2)cc1)N(C)C. The number of nitrogens with zero attached hydrogens (tertiary/aromatic N) is 4. The van der Waals surface area contributed by atoms with Crippen molar-refractivity contribution in [3.05, 3.63) is 35.7 Å². The molecule has 0 amide bonds. The van der Waals surface area contributed by atoms with Crippen LogP contribution in [0.5, 0.6) is 0 Å². The van der Waals surface area contributed by atoms with E-state index in [9.17, 15) is 0 Å². The van der Waals surface area contributed by atoms with E-state index in [2.05, 4.69) is 55.3 Å². The van der Waals surface area contributed by atoms with Crippen LogP contribution in [0.4, 0.5) is 0 Å². The van der Waals surface area contributed by atoms with E-state index in [-0.39, 0.29) is 0 Å². The summed E-state index contributed by atoms with van der Waals surface area (Å²) in [6, 6.07) is 9.02. The summed E-state index contributed by atoms with van der Waals surface area (Å²) >= 11 is 0. The summed E-state index contributed by atoms with van der Waals surface area (Å²) in [6.45, 7) is 2.21. The Labute approximate surface area is 120 Å². The van der Waals surface area contributed by atoms with E-state index in [4.69, 9.17) is 4.98 Å². The molecule has 1 fully saturated rings. The predicted molar refractivity (Wildman–Crippen MR) is 80.5 cm³/mol. The molecule has 4 nitrogen and oxygen atoms in total. The minimum Gasteiger partial charge on any atom is -0.303 e. The number of rotatable bonds is 4. The topological polar surface area (TPSA) is 34.0 Å². The molecule has 1 saturated carbocycles. The van der Waals surface area contributed by atoms with Gasteiger partial charge in [-0.05, 0) is 39.4 Å². The van der Waals surface area contributed by atoms with E-state index in [1.807, 2.05) is 11.7 Å². The van der Waals surface area contributed by atoms with Crippen LogP contribution in [0.25, 0.3) is 11.4 Å². The third-order valence-corrected chi connectivity index (χ3v) is 4.17. The maximum Gasteiger partial charge on any atom is 0.181 e. The molecule has 1 heterocycles. The Kier molecular flexibility index (Phi) is 3.34. The van der Waals surface area contributed by atoms with Crippen LogP contribution in [0, 0.1) is 0 Å². The number of benzene rings is 1. The van der Waals surface area contributed by atoms with E-state index in [1.165, 1.54) is 18.4 Å². The van der Waals surface area contributed by atoms with Crippen LogP contribution >= 0.6 is 0 Å². The Bertz CT molecular complexity index is 593. The molecule has 1 aromatic carbocycles. The van der Waals surface area contributed by atoms with Crippen molar-refractivity contribution in [1.82, 2.24) is 19.7 Å². The van der Waals surface area contributed by atoms with Gasteiger partial charge in [0.1, 0.15) is 5.82 Å². The molecule has 20 heavy (non-hydrogen) atoms. The van der Waals surface area contributed by atoms with Crippen LogP contribution in [0.15, 0.2) is 24.3 Å². The molecule has 1 unspecified atom stereocenters. The molecule has 0 spiro atoms. The molecule has 3 rings (SSSR count). The zero-order valence-corrected chi connectivity index (χ0v) is 12.7. The van der Waals surface area contributed by atoms with Crippen molar-refractivity contribution in [2.24, 2.45) is 7.05 Å². The molecule has 2 aromatic rings. The van der Waals surface area contributed by atoms with Gasteiger partial charge in [-0.2, -0.15) is 5.10 Å². The molecule has 1 aromatic heterocycles. The summed E-state index contributed by atoms with van der Waals surface area (Å²) < 4.78 is 1.93. The Morgan fingerprint density at radius 1 is 1.20 bits per heavy atom. The van der Waals surface area contributed by atoms with Gasteiger partial charge in [-0.25, -0.2) is 4.98 Å². The summed E-state index contributed by atoms with van der Waals surface area (Å²) in [5.41, 5.74) is 2.42. The Morgan fingerprint density at radius 2 is 1.85 bits per heavy atom. The van der Waals surface area contributed by atoms with Crippen molar-refractivity contribution in [2.45, 2.75) is 31.7 Å². The Hall–Kier alpha value is -1.68. The standard InChI is InChI=1S/C16H22N4/c1-11(19(2)3)12-5-7-13(8-6-12)15-17-16(14-9-10-14)20(4)18-15/h5-8,11,14H,9-10H2,1-4H3. The smallest absolute Gasteiger partial charge is 0.181 e. The molecule has 0 radical (unpaired) electrons. The van der Waals surface area contributed by atoms with Crippen molar-refractivity contribution < 1.29 is 0 Å². The second-order valence-electron chi connectivity index (χ2n) is 5.95. The lowest BCUT2D eigenvalue weighted by atomic mass is 10.1. The summed E-state index contributed by atoms with van der Waals surface area (Å²) in [5.74, 6) is 2.61. The van der Waals surface area contributed by atoms with Crippen LogP contribution in [-0.2, 0) is 7.05 Å². The fourth-order valence-corrected chi connectivity index (χ4v) is 2.42. The first-order valence-electron chi connectivity index (χ1n) is 7.24. The molecular formula is C16H22N4. The predicted octanol–water partition coefficient (Wildman–Crippen LogP) is 2.98. The van der Waals surface area contributed by atoms with E-state index in [0.29, 0.717) is 12.0 Å². The van der Waals surface area contributed by atoms with Crippen molar-refractivity contribution in [2.75, 3.05) is 14.1 Å². The largest absolute Gasteiger partial charge is 0.303 e. The van der Waals surface area contributed by atoms with Crippen molar-refractivity contribution in [1.29, 1.82) is 0 Å². The van der Waals surface area contributed by atoms with Gasteiger partial charge in [-0.15, -0.1) is 0 Å². The highest BCUT2D eigenvalue weighted by Crippen LogP contribution is 2.39. The molecule has 1 atom stereocenters. The fraction of sp³-hybridized carbons (Fsp3) is 0.500. The molecule has 0 bridgehead atoms. The zero-order chi connectivity index (χ0) is 14.3. The summed E-state index contributed by atoms with van der Waals surface area (Å²) in [5, 5.41) is 4.55. The Balaban J connectivity index is 1.85. The lowest BCUT2D eigenvalue weighted by molar-refractivity contribution is 0.321. The van der Waals surface area contributed by atoms with E-state index < -0.39 is 0 Å². The van der Waals surface area contributed by atoms with Gasteiger partial charge in [-0.3, -0.25) is 4.68 Å². The van der Waals surface area contributed by atoms with Crippen LogP contribution in [-0.4, -0.2) is 33.8 Å². The van der Waals surface area contributed by atoms with Gasteiger partial charge < -0.3 is 4.90 Å². The van der Waals surface area contributed by atoms with Crippen molar-refractivity contribution in [3.63, 3.8) is 0 Å². The van der Waals surface area contributed by atoms with Crippen LogP contribution in [0.1, 0.15) is 43.1 Å². The van der Waals surface area contributed by atoms with Crippen LogP contribution in [0.2, 0.25) is 0 Å². The molecule has 0 saturated heterocycles. The first-order valence-corrected chi connectivity index (χ1v) is 7.24. The van der Waals surface area contributed by atoms with E-state index in [0.717, 1.165) is 17.2 Å². The monoisotopic (exact) mass is 270 g/mol. The highest BCUT2D eigenvalue weighted by atomic mass is 15.3. The van der Waals surface area contributed by atoms with E-state index in [1.54, 1.807) is 0 Å². The third-order valence-electron chi connectivity index (χ3n) is 4.17. The number of aromatic nitrogens is 3.